The van der Waals surface area contributed by atoms with Crippen LogP contribution in [0.1, 0.15) is 34.6 Å². The number of aliphatic hydroxyl groups excluding tert-OH is 1. The van der Waals surface area contributed by atoms with Gasteiger partial charge in [-0.05, 0) is 27.7 Å². The zero-order valence-corrected chi connectivity index (χ0v) is 11.8. The van der Waals surface area contributed by atoms with E-state index in [1.54, 1.807) is 23.9 Å². The van der Waals surface area contributed by atoms with Crippen molar-refractivity contribution in [3.05, 3.63) is 22.7 Å². The smallest absolute Gasteiger partial charge is 0.283 e. The summed E-state index contributed by atoms with van der Waals surface area (Å²) in [7, 11) is 0. The maximum absolute atomic E-state index is 12.2. The van der Waals surface area contributed by atoms with Crippen LogP contribution in [0.15, 0.2) is 22.2 Å². The Kier molecular flexibility index (Phi) is 4.38. The molecule has 1 N–H and O–H groups in total. The molecule has 2 unspecified atom stereocenters. The van der Waals surface area contributed by atoms with Crippen molar-refractivity contribution in [2.75, 3.05) is 0 Å². The van der Waals surface area contributed by atoms with E-state index < -0.39 is 6.10 Å². The summed E-state index contributed by atoms with van der Waals surface area (Å²) in [5.41, 5.74) is -0.360. The number of hydrogen-bond donors (Lipinski definition) is 1. The summed E-state index contributed by atoms with van der Waals surface area (Å²) < 4.78 is 1.66. The molecule has 0 aliphatic rings. The second-order valence-electron chi connectivity index (χ2n) is 5.14. The van der Waals surface area contributed by atoms with E-state index >= 15 is 0 Å². The molecule has 0 fully saturated rings. The second kappa shape index (κ2) is 5.23. The number of hydrogen-bond acceptors (Lipinski definition) is 4. The molecule has 17 heavy (non-hydrogen) atoms. The fourth-order valence-corrected chi connectivity index (χ4v) is 2.15. The van der Waals surface area contributed by atoms with Crippen molar-refractivity contribution >= 4 is 11.8 Å². The first kappa shape index (κ1) is 14.3. The number of aliphatic hydroxyl groups is 1. The van der Waals surface area contributed by atoms with Crippen LogP contribution >= 0.6 is 11.8 Å². The second-order valence-corrected chi connectivity index (χ2v) is 6.51. The largest absolute Gasteiger partial charge is 0.392 e. The Morgan fingerprint density at radius 3 is 2.47 bits per heavy atom. The molecule has 5 heteroatoms. The Balaban J connectivity index is 3.08. The molecule has 4 nitrogen and oxygen atoms in total. The van der Waals surface area contributed by atoms with E-state index in [0.29, 0.717) is 5.03 Å². The molecule has 1 aromatic heterocycles. The monoisotopic (exact) mass is 256 g/mol. The summed E-state index contributed by atoms with van der Waals surface area (Å²) in [4.78, 5) is 16.3. The number of aromatic nitrogens is 2. The van der Waals surface area contributed by atoms with Gasteiger partial charge in [0.25, 0.3) is 5.56 Å². The number of nitrogens with zero attached hydrogens (tertiary/aromatic N) is 2. The lowest BCUT2D eigenvalue weighted by Gasteiger charge is -2.22. The van der Waals surface area contributed by atoms with Crippen LogP contribution in [0.4, 0.5) is 0 Å². The molecule has 0 saturated heterocycles. The standard InChI is InChI=1S/C12H20N2O2S/c1-8(15)9(2)17-10-11(16)14(7-6-13-10)12(3,4)5/h6-9,15H,1-5H3. The third-order valence-electron chi connectivity index (χ3n) is 2.51. The quantitative estimate of drug-likeness (QED) is 0.839. The lowest BCUT2D eigenvalue weighted by molar-refractivity contribution is 0.196. The third-order valence-corrected chi connectivity index (χ3v) is 3.78. The van der Waals surface area contributed by atoms with E-state index in [1.807, 2.05) is 27.7 Å². The Morgan fingerprint density at radius 2 is 2.00 bits per heavy atom. The molecule has 1 rings (SSSR count). The van der Waals surface area contributed by atoms with Crippen LogP contribution in [0.3, 0.4) is 0 Å². The first-order valence-corrected chi connectivity index (χ1v) is 6.54. The van der Waals surface area contributed by atoms with Gasteiger partial charge < -0.3 is 9.67 Å². The van der Waals surface area contributed by atoms with Gasteiger partial charge in [-0.15, -0.1) is 0 Å². The molecule has 96 valence electrons. The fraction of sp³-hybridized carbons (Fsp3) is 0.667. The van der Waals surface area contributed by atoms with Crippen LogP contribution < -0.4 is 5.56 Å². The summed E-state index contributed by atoms with van der Waals surface area (Å²) in [6.45, 7) is 9.51. The molecule has 1 aromatic rings. The molecule has 0 aromatic carbocycles. The summed E-state index contributed by atoms with van der Waals surface area (Å²) in [5.74, 6) is 0. The van der Waals surface area contributed by atoms with Gasteiger partial charge in [-0.3, -0.25) is 4.79 Å². The molecule has 0 saturated carbocycles. The molecule has 0 radical (unpaired) electrons. The Hall–Kier alpha value is -0.810. The normalized spacial score (nSPS) is 15.6. The third kappa shape index (κ3) is 3.57. The lowest BCUT2D eigenvalue weighted by Crippen LogP contribution is -2.35. The lowest BCUT2D eigenvalue weighted by atomic mass is 10.1. The van der Waals surface area contributed by atoms with E-state index in [9.17, 15) is 9.90 Å². The van der Waals surface area contributed by atoms with Gasteiger partial charge in [-0.25, -0.2) is 4.98 Å². The van der Waals surface area contributed by atoms with Gasteiger partial charge >= 0.3 is 0 Å². The average molecular weight is 256 g/mol. The van der Waals surface area contributed by atoms with Crippen molar-refractivity contribution in [1.29, 1.82) is 0 Å². The van der Waals surface area contributed by atoms with Gasteiger partial charge in [0.05, 0.1) is 6.10 Å². The summed E-state index contributed by atoms with van der Waals surface area (Å²) in [6, 6.07) is 0. The van der Waals surface area contributed by atoms with E-state index in [4.69, 9.17) is 0 Å². The van der Waals surface area contributed by atoms with Gasteiger partial charge in [0.15, 0.2) is 5.03 Å². The SMILES string of the molecule is CC(O)C(C)Sc1nccn(C(C)(C)C)c1=O. The van der Waals surface area contributed by atoms with E-state index in [1.165, 1.54) is 11.8 Å². The Bertz CT molecular complexity index is 435. The van der Waals surface area contributed by atoms with Crippen molar-refractivity contribution in [2.24, 2.45) is 0 Å². The maximum atomic E-state index is 12.2. The number of thioether (sulfide) groups is 1. The summed E-state index contributed by atoms with van der Waals surface area (Å²) >= 11 is 1.31. The Morgan fingerprint density at radius 1 is 1.41 bits per heavy atom. The van der Waals surface area contributed by atoms with Gasteiger partial charge in [-0.2, -0.15) is 0 Å². The van der Waals surface area contributed by atoms with Gasteiger partial charge in [0.1, 0.15) is 0 Å². The van der Waals surface area contributed by atoms with E-state index in [0.717, 1.165) is 0 Å². The van der Waals surface area contributed by atoms with Crippen LogP contribution in [-0.2, 0) is 5.54 Å². The molecule has 0 spiro atoms. The number of rotatable bonds is 3. The molecular weight excluding hydrogens is 236 g/mol. The first-order valence-electron chi connectivity index (χ1n) is 5.66. The predicted octanol–water partition coefficient (Wildman–Crippen LogP) is 1.86. The van der Waals surface area contributed by atoms with Crippen LogP contribution in [0.2, 0.25) is 0 Å². The highest BCUT2D eigenvalue weighted by molar-refractivity contribution is 7.99. The molecule has 0 aliphatic heterocycles. The minimum atomic E-state index is -0.468. The summed E-state index contributed by atoms with van der Waals surface area (Å²) in [6.07, 6.45) is 2.85. The van der Waals surface area contributed by atoms with Crippen molar-refractivity contribution < 1.29 is 5.11 Å². The molecule has 2 atom stereocenters. The van der Waals surface area contributed by atoms with Crippen molar-refractivity contribution in [3.8, 4) is 0 Å². The molecule has 0 amide bonds. The zero-order valence-electron chi connectivity index (χ0n) is 11.0. The molecule has 1 heterocycles. The van der Waals surface area contributed by atoms with Crippen molar-refractivity contribution in [2.45, 2.75) is 56.5 Å². The van der Waals surface area contributed by atoms with Gasteiger partial charge in [0, 0.05) is 23.2 Å². The topological polar surface area (TPSA) is 55.1 Å². The highest BCUT2D eigenvalue weighted by atomic mass is 32.2. The summed E-state index contributed by atoms with van der Waals surface area (Å²) in [5, 5.41) is 9.84. The Labute approximate surface area is 106 Å². The van der Waals surface area contributed by atoms with Gasteiger partial charge in [-0.1, -0.05) is 18.7 Å². The van der Waals surface area contributed by atoms with Crippen molar-refractivity contribution in [3.63, 3.8) is 0 Å². The van der Waals surface area contributed by atoms with E-state index in [-0.39, 0.29) is 16.3 Å². The first-order chi connectivity index (χ1) is 7.73. The maximum Gasteiger partial charge on any atom is 0.283 e. The van der Waals surface area contributed by atoms with Gasteiger partial charge in [0.2, 0.25) is 0 Å². The fourth-order valence-electron chi connectivity index (χ4n) is 1.28. The van der Waals surface area contributed by atoms with Crippen LogP contribution in [-0.4, -0.2) is 26.0 Å². The van der Waals surface area contributed by atoms with Crippen LogP contribution in [0, 0.1) is 0 Å². The zero-order chi connectivity index (χ0) is 13.2. The predicted molar refractivity (Wildman–Crippen MR) is 70.5 cm³/mol. The minimum absolute atomic E-state index is 0.0500. The van der Waals surface area contributed by atoms with Crippen molar-refractivity contribution in [1.82, 2.24) is 9.55 Å². The molecule has 0 aliphatic carbocycles. The van der Waals surface area contributed by atoms with Crippen LogP contribution in [0.25, 0.3) is 0 Å². The highest BCUT2D eigenvalue weighted by Gasteiger charge is 2.19. The minimum Gasteiger partial charge on any atom is -0.392 e. The highest BCUT2D eigenvalue weighted by Crippen LogP contribution is 2.21. The van der Waals surface area contributed by atoms with E-state index in [2.05, 4.69) is 4.98 Å². The van der Waals surface area contributed by atoms with Crippen LogP contribution in [0.5, 0.6) is 0 Å². The molecular formula is C12H20N2O2S. The average Bonchev–Trinajstić information content (AvgIpc) is 2.19. The molecule has 0 bridgehead atoms.